The molecule has 0 saturated carbocycles. The fourth-order valence-electron chi connectivity index (χ4n) is 3.31. The molecular weight excluding hydrogens is 448 g/mol. The number of nitrogens with zero attached hydrogens (tertiary/aromatic N) is 5. The van der Waals surface area contributed by atoms with E-state index >= 15 is 0 Å². The molecular formula is C18H19F6N5O3. The standard InChI is InChI=1S/C16H18F3N5O.C2HF3O2/c17-16(18,19)13-6-14(21-10-20-13)24-7-11-12(8-24)25-15(22-11)9-23-4-2-1-3-5-23;3-2(4,5)1(6)7/h6,10H,1-5,7-9H2;(H,6,7). The highest BCUT2D eigenvalue weighted by molar-refractivity contribution is 5.73. The number of fused-ring (bicyclic) bond motifs is 1. The van der Waals surface area contributed by atoms with Crippen molar-refractivity contribution in [1.29, 1.82) is 0 Å². The van der Waals surface area contributed by atoms with E-state index in [1.165, 1.54) is 19.3 Å². The van der Waals surface area contributed by atoms with Gasteiger partial charge in [-0.15, -0.1) is 0 Å². The van der Waals surface area contributed by atoms with Gasteiger partial charge < -0.3 is 14.4 Å². The Kier molecular flexibility index (Phi) is 6.91. The van der Waals surface area contributed by atoms with Crippen LogP contribution in [-0.2, 0) is 30.6 Å². The lowest BCUT2D eigenvalue weighted by Gasteiger charge is -2.24. The van der Waals surface area contributed by atoms with Gasteiger partial charge in [-0.2, -0.15) is 26.3 Å². The maximum absolute atomic E-state index is 12.8. The van der Waals surface area contributed by atoms with Crippen LogP contribution in [0.5, 0.6) is 0 Å². The third-order valence-electron chi connectivity index (χ3n) is 4.81. The van der Waals surface area contributed by atoms with Crippen molar-refractivity contribution < 1.29 is 40.7 Å². The van der Waals surface area contributed by atoms with Gasteiger partial charge in [-0.1, -0.05) is 6.42 Å². The lowest BCUT2D eigenvalue weighted by atomic mass is 10.1. The molecule has 0 atom stereocenters. The fourth-order valence-corrected chi connectivity index (χ4v) is 3.31. The minimum absolute atomic E-state index is 0.230. The summed E-state index contributed by atoms with van der Waals surface area (Å²) in [6, 6.07) is 0.959. The second kappa shape index (κ2) is 9.30. The highest BCUT2D eigenvalue weighted by atomic mass is 19.4. The summed E-state index contributed by atoms with van der Waals surface area (Å²) in [4.78, 5) is 24.7. The number of carboxylic acid groups (broad SMARTS) is 1. The summed E-state index contributed by atoms with van der Waals surface area (Å²) in [7, 11) is 0. The van der Waals surface area contributed by atoms with Gasteiger partial charge in [-0.25, -0.2) is 19.7 Å². The molecule has 1 saturated heterocycles. The van der Waals surface area contributed by atoms with E-state index in [1.54, 1.807) is 4.90 Å². The Morgan fingerprint density at radius 2 is 1.72 bits per heavy atom. The maximum Gasteiger partial charge on any atom is 0.490 e. The van der Waals surface area contributed by atoms with Gasteiger partial charge in [0.25, 0.3) is 0 Å². The number of aromatic nitrogens is 3. The average Bonchev–Trinajstić information content (AvgIpc) is 3.27. The summed E-state index contributed by atoms with van der Waals surface area (Å²) in [6.07, 6.45) is -4.96. The van der Waals surface area contributed by atoms with Gasteiger partial charge in [0.15, 0.2) is 0 Å². The predicted octanol–water partition coefficient (Wildman–Crippen LogP) is 3.62. The third-order valence-corrected chi connectivity index (χ3v) is 4.81. The van der Waals surface area contributed by atoms with Crippen LogP contribution in [0.3, 0.4) is 0 Å². The summed E-state index contributed by atoms with van der Waals surface area (Å²) >= 11 is 0. The molecule has 0 bridgehead atoms. The average molecular weight is 467 g/mol. The molecule has 0 aliphatic carbocycles. The number of alkyl halides is 6. The molecule has 176 valence electrons. The highest BCUT2D eigenvalue weighted by Crippen LogP contribution is 2.32. The quantitative estimate of drug-likeness (QED) is 0.684. The van der Waals surface area contributed by atoms with Crippen LogP contribution in [0.1, 0.15) is 42.3 Å². The summed E-state index contributed by atoms with van der Waals surface area (Å²) in [5.41, 5.74) is -0.168. The van der Waals surface area contributed by atoms with Crippen LogP contribution in [0.25, 0.3) is 0 Å². The zero-order chi connectivity index (χ0) is 23.5. The summed E-state index contributed by atoms with van der Waals surface area (Å²) < 4.78 is 75.9. The molecule has 0 amide bonds. The Hall–Kier alpha value is -2.90. The molecule has 4 rings (SSSR count). The number of rotatable bonds is 3. The van der Waals surface area contributed by atoms with Crippen LogP contribution in [-0.4, -0.2) is 50.2 Å². The zero-order valence-corrected chi connectivity index (χ0v) is 16.6. The SMILES string of the molecule is FC(F)(F)c1cc(N2Cc3nc(CN4CCCCC4)oc3C2)ncn1.O=C(O)C(F)(F)F. The number of piperidine rings is 1. The zero-order valence-electron chi connectivity index (χ0n) is 16.6. The van der Waals surface area contributed by atoms with E-state index in [0.717, 1.165) is 31.2 Å². The molecule has 0 radical (unpaired) electrons. The van der Waals surface area contributed by atoms with E-state index in [-0.39, 0.29) is 5.82 Å². The predicted molar refractivity (Wildman–Crippen MR) is 96.2 cm³/mol. The van der Waals surface area contributed by atoms with Gasteiger partial charge >= 0.3 is 18.3 Å². The van der Waals surface area contributed by atoms with Crippen molar-refractivity contribution in [2.75, 3.05) is 18.0 Å². The largest absolute Gasteiger partial charge is 0.490 e. The third kappa shape index (κ3) is 6.08. The van der Waals surface area contributed by atoms with Gasteiger partial charge in [0, 0.05) is 6.07 Å². The topological polar surface area (TPSA) is 95.6 Å². The van der Waals surface area contributed by atoms with Gasteiger partial charge in [0.2, 0.25) is 5.89 Å². The number of likely N-dealkylation sites (tertiary alicyclic amines) is 1. The first-order valence-electron chi connectivity index (χ1n) is 9.57. The van der Waals surface area contributed by atoms with Crippen LogP contribution in [0, 0.1) is 0 Å². The Bertz CT molecular complexity index is 916. The molecule has 2 aromatic heterocycles. The molecule has 2 aromatic rings. The van der Waals surface area contributed by atoms with Crippen molar-refractivity contribution in [3.8, 4) is 0 Å². The number of halogens is 6. The molecule has 2 aliphatic rings. The molecule has 1 N–H and O–H groups in total. The van der Waals surface area contributed by atoms with E-state index in [4.69, 9.17) is 14.3 Å². The van der Waals surface area contributed by atoms with E-state index in [2.05, 4.69) is 19.9 Å². The molecule has 14 heteroatoms. The van der Waals surface area contributed by atoms with Gasteiger partial charge in [-0.3, -0.25) is 4.90 Å². The molecule has 4 heterocycles. The molecule has 32 heavy (non-hydrogen) atoms. The van der Waals surface area contributed by atoms with Crippen LogP contribution >= 0.6 is 0 Å². The van der Waals surface area contributed by atoms with Crippen LogP contribution in [0.15, 0.2) is 16.8 Å². The number of hydrogen-bond acceptors (Lipinski definition) is 7. The Labute approximate surface area is 177 Å². The molecule has 0 spiro atoms. The Balaban J connectivity index is 0.000000360. The smallest absolute Gasteiger partial charge is 0.475 e. The molecule has 0 aromatic carbocycles. The van der Waals surface area contributed by atoms with E-state index in [9.17, 15) is 26.3 Å². The lowest BCUT2D eigenvalue weighted by Crippen LogP contribution is -2.29. The molecule has 0 unspecified atom stereocenters. The van der Waals surface area contributed by atoms with Gasteiger partial charge in [0.1, 0.15) is 29.3 Å². The van der Waals surface area contributed by atoms with Crippen molar-refractivity contribution in [1.82, 2.24) is 19.9 Å². The van der Waals surface area contributed by atoms with E-state index < -0.39 is 24.0 Å². The number of aliphatic carboxylic acids is 1. The van der Waals surface area contributed by atoms with Gasteiger partial charge in [-0.05, 0) is 25.9 Å². The minimum atomic E-state index is -5.08. The van der Waals surface area contributed by atoms with Crippen molar-refractivity contribution in [3.63, 3.8) is 0 Å². The number of anilines is 1. The first-order chi connectivity index (χ1) is 14.9. The summed E-state index contributed by atoms with van der Waals surface area (Å²) in [6.45, 7) is 3.57. The van der Waals surface area contributed by atoms with Crippen molar-refractivity contribution in [2.45, 2.75) is 51.2 Å². The lowest BCUT2D eigenvalue weighted by molar-refractivity contribution is -0.192. The first kappa shape index (κ1) is 23.8. The minimum Gasteiger partial charge on any atom is -0.475 e. The Morgan fingerprint density at radius 3 is 2.28 bits per heavy atom. The van der Waals surface area contributed by atoms with Crippen molar-refractivity contribution >= 4 is 11.8 Å². The molecule has 2 aliphatic heterocycles. The van der Waals surface area contributed by atoms with Crippen LogP contribution in [0.4, 0.5) is 32.2 Å². The monoisotopic (exact) mass is 467 g/mol. The summed E-state index contributed by atoms with van der Waals surface area (Å²) in [5.74, 6) is -1.13. The number of carboxylic acids is 1. The molecule has 1 fully saturated rings. The summed E-state index contributed by atoms with van der Waals surface area (Å²) in [5, 5.41) is 7.12. The number of oxazole rings is 1. The Morgan fingerprint density at radius 1 is 1.06 bits per heavy atom. The van der Waals surface area contributed by atoms with Crippen LogP contribution in [0.2, 0.25) is 0 Å². The van der Waals surface area contributed by atoms with Gasteiger partial charge in [0.05, 0.1) is 19.6 Å². The first-order valence-corrected chi connectivity index (χ1v) is 9.57. The van der Waals surface area contributed by atoms with Crippen LogP contribution < -0.4 is 4.90 Å². The van der Waals surface area contributed by atoms with Crippen molar-refractivity contribution in [2.24, 2.45) is 0 Å². The number of carbonyl (C=O) groups is 1. The second-order valence-corrected chi connectivity index (χ2v) is 7.23. The van der Waals surface area contributed by atoms with E-state index in [1.807, 2.05) is 0 Å². The molecule has 8 nitrogen and oxygen atoms in total. The fraction of sp³-hybridized carbons (Fsp3) is 0.556. The normalized spacial score (nSPS) is 17.0. The van der Waals surface area contributed by atoms with E-state index in [0.29, 0.717) is 31.3 Å². The second-order valence-electron chi connectivity index (χ2n) is 7.23. The number of hydrogen-bond donors (Lipinski definition) is 1. The maximum atomic E-state index is 12.8. The van der Waals surface area contributed by atoms with Crippen molar-refractivity contribution in [3.05, 3.63) is 35.4 Å². The highest BCUT2D eigenvalue weighted by Gasteiger charge is 2.38.